The normalized spacial score (nSPS) is 16.6. The van der Waals surface area contributed by atoms with Gasteiger partial charge in [-0.1, -0.05) is 18.2 Å². The van der Waals surface area contributed by atoms with E-state index in [0.717, 1.165) is 5.69 Å². The van der Waals surface area contributed by atoms with Gasteiger partial charge < -0.3 is 20.1 Å². The molecule has 0 spiro atoms. The molecule has 0 radical (unpaired) electrons. The highest BCUT2D eigenvalue weighted by Gasteiger charge is 2.42. The highest BCUT2D eigenvalue weighted by molar-refractivity contribution is 5.90. The van der Waals surface area contributed by atoms with Crippen LogP contribution in [-0.2, 0) is 9.53 Å². The molecule has 2 N–H and O–H groups in total. The summed E-state index contributed by atoms with van der Waals surface area (Å²) in [5.41, 5.74) is 0.166. The lowest BCUT2D eigenvalue weighted by Gasteiger charge is -2.46. The summed E-state index contributed by atoms with van der Waals surface area (Å²) in [5.74, 6) is -1.01. The number of hydrogen-bond donors (Lipinski definition) is 2. The first-order valence-corrected chi connectivity index (χ1v) is 5.95. The number of nitrogens with zero attached hydrogens (tertiary/aromatic N) is 1. The molecule has 1 heterocycles. The molecule has 0 bridgehead atoms. The molecule has 6 heteroatoms. The number of urea groups is 1. The number of carboxylic acid groups (broad SMARTS) is 1. The summed E-state index contributed by atoms with van der Waals surface area (Å²) in [7, 11) is 0. The monoisotopic (exact) mass is 264 g/mol. The summed E-state index contributed by atoms with van der Waals surface area (Å²) in [6, 6.07) is 8.95. The van der Waals surface area contributed by atoms with Crippen LogP contribution in [-0.4, -0.2) is 47.3 Å². The van der Waals surface area contributed by atoms with E-state index in [4.69, 9.17) is 9.84 Å². The van der Waals surface area contributed by atoms with Crippen molar-refractivity contribution in [3.8, 4) is 0 Å². The number of hydrogen-bond acceptors (Lipinski definition) is 3. The lowest BCUT2D eigenvalue weighted by molar-refractivity contribution is -0.159. The summed E-state index contributed by atoms with van der Waals surface area (Å²) in [5, 5.41) is 11.3. The van der Waals surface area contributed by atoms with Crippen LogP contribution in [0.25, 0.3) is 0 Å². The van der Waals surface area contributed by atoms with E-state index in [9.17, 15) is 9.59 Å². The maximum atomic E-state index is 11.9. The molecular formula is C13H16N2O4. The molecule has 1 aromatic rings. The molecule has 0 aromatic heterocycles. The Balaban J connectivity index is 1.80. The fourth-order valence-corrected chi connectivity index (χ4v) is 1.96. The Kier molecular flexibility index (Phi) is 3.71. The minimum atomic E-state index is -1.01. The number of ether oxygens (including phenoxy) is 1. The smallest absolute Gasteiger partial charge is 0.329 e. The minimum absolute atomic E-state index is 0.206. The zero-order valence-electron chi connectivity index (χ0n) is 10.6. The van der Waals surface area contributed by atoms with Gasteiger partial charge in [0.25, 0.3) is 0 Å². The molecular weight excluding hydrogens is 248 g/mol. The Morgan fingerprint density at radius 2 is 2.00 bits per heavy atom. The predicted molar refractivity (Wildman–Crippen MR) is 69.0 cm³/mol. The molecule has 19 heavy (non-hydrogen) atoms. The molecule has 2 amide bonds. The zero-order chi connectivity index (χ0) is 13.9. The number of carbonyl (C=O) groups excluding carboxylic acids is 1. The number of carboxylic acids is 1. The fraction of sp³-hybridized carbons (Fsp3) is 0.385. The van der Waals surface area contributed by atoms with Crippen molar-refractivity contribution in [2.24, 2.45) is 0 Å². The SMILES string of the molecule is CC1(OCC(=O)O)CN(C(=O)Nc2ccccc2)C1. The number of para-hydroxylation sites is 1. The lowest BCUT2D eigenvalue weighted by atomic mass is 9.97. The van der Waals surface area contributed by atoms with Crippen molar-refractivity contribution >= 4 is 17.7 Å². The summed E-state index contributed by atoms with van der Waals surface area (Å²) < 4.78 is 5.24. The fourth-order valence-electron chi connectivity index (χ4n) is 1.96. The van der Waals surface area contributed by atoms with Crippen molar-refractivity contribution in [3.05, 3.63) is 30.3 Å². The highest BCUT2D eigenvalue weighted by atomic mass is 16.5. The first kappa shape index (κ1) is 13.4. The van der Waals surface area contributed by atoms with Crippen LogP contribution in [0.2, 0.25) is 0 Å². The van der Waals surface area contributed by atoms with Crippen LogP contribution in [0.3, 0.4) is 0 Å². The molecule has 1 aliphatic rings. The highest BCUT2D eigenvalue weighted by Crippen LogP contribution is 2.25. The van der Waals surface area contributed by atoms with Crippen molar-refractivity contribution in [2.75, 3.05) is 25.0 Å². The van der Waals surface area contributed by atoms with Gasteiger partial charge in [-0.05, 0) is 19.1 Å². The van der Waals surface area contributed by atoms with E-state index >= 15 is 0 Å². The lowest BCUT2D eigenvalue weighted by Crippen LogP contribution is -2.64. The summed E-state index contributed by atoms with van der Waals surface area (Å²) in [4.78, 5) is 23.9. The molecule has 1 fully saturated rings. The third-order valence-electron chi connectivity index (χ3n) is 2.91. The molecule has 0 aliphatic carbocycles. The van der Waals surface area contributed by atoms with Crippen LogP contribution in [0.4, 0.5) is 10.5 Å². The van der Waals surface area contributed by atoms with Crippen LogP contribution < -0.4 is 5.32 Å². The van der Waals surface area contributed by atoms with Gasteiger partial charge in [0.1, 0.15) is 12.2 Å². The predicted octanol–water partition coefficient (Wildman–Crippen LogP) is 1.39. The van der Waals surface area contributed by atoms with Gasteiger partial charge in [0.2, 0.25) is 0 Å². The topological polar surface area (TPSA) is 78.9 Å². The third-order valence-corrected chi connectivity index (χ3v) is 2.91. The quantitative estimate of drug-likeness (QED) is 0.861. The van der Waals surface area contributed by atoms with E-state index in [1.165, 1.54) is 0 Å². The van der Waals surface area contributed by atoms with Crippen LogP contribution >= 0.6 is 0 Å². The largest absolute Gasteiger partial charge is 0.480 e. The Morgan fingerprint density at radius 1 is 1.37 bits per heavy atom. The van der Waals surface area contributed by atoms with Crippen LogP contribution in [0.1, 0.15) is 6.92 Å². The average Bonchev–Trinajstić information content (AvgIpc) is 2.34. The number of likely N-dealkylation sites (tertiary alicyclic amines) is 1. The van der Waals surface area contributed by atoms with Gasteiger partial charge in [-0.15, -0.1) is 0 Å². The van der Waals surface area contributed by atoms with E-state index in [1.54, 1.807) is 24.0 Å². The Bertz CT molecular complexity index is 469. The van der Waals surface area contributed by atoms with Gasteiger partial charge in [-0.3, -0.25) is 0 Å². The minimum Gasteiger partial charge on any atom is -0.480 e. The number of aliphatic carboxylic acids is 1. The standard InChI is InChI=1S/C13H16N2O4/c1-13(19-7-11(16)17)8-15(9-13)12(18)14-10-5-3-2-4-6-10/h2-6H,7-9H2,1H3,(H,14,18)(H,16,17). The summed E-state index contributed by atoms with van der Waals surface area (Å²) in [6.07, 6.45) is 0. The second-order valence-corrected chi connectivity index (χ2v) is 4.78. The van der Waals surface area contributed by atoms with Crippen LogP contribution in [0, 0.1) is 0 Å². The number of amides is 2. The number of anilines is 1. The van der Waals surface area contributed by atoms with Crippen molar-refractivity contribution in [2.45, 2.75) is 12.5 Å². The molecule has 1 aliphatic heterocycles. The molecule has 6 nitrogen and oxygen atoms in total. The summed E-state index contributed by atoms with van der Waals surface area (Å²) in [6.45, 7) is 2.23. The van der Waals surface area contributed by atoms with E-state index in [2.05, 4.69) is 5.32 Å². The molecule has 2 rings (SSSR count). The number of nitrogens with one attached hydrogen (secondary N) is 1. The second kappa shape index (κ2) is 5.27. The van der Waals surface area contributed by atoms with Gasteiger partial charge in [0.05, 0.1) is 13.1 Å². The van der Waals surface area contributed by atoms with Crippen LogP contribution in [0.5, 0.6) is 0 Å². The van der Waals surface area contributed by atoms with E-state index in [0.29, 0.717) is 13.1 Å². The van der Waals surface area contributed by atoms with Crippen molar-refractivity contribution < 1.29 is 19.4 Å². The van der Waals surface area contributed by atoms with E-state index in [1.807, 2.05) is 18.2 Å². The van der Waals surface area contributed by atoms with Gasteiger partial charge >= 0.3 is 12.0 Å². The third kappa shape index (κ3) is 3.45. The van der Waals surface area contributed by atoms with Crippen molar-refractivity contribution in [1.82, 2.24) is 4.90 Å². The van der Waals surface area contributed by atoms with Crippen molar-refractivity contribution in [3.63, 3.8) is 0 Å². The molecule has 1 aromatic carbocycles. The molecule has 0 unspecified atom stereocenters. The van der Waals surface area contributed by atoms with E-state index < -0.39 is 11.6 Å². The number of benzene rings is 1. The maximum absolute atomic E-state index is 11.9. The van der Waals surface area contributed by atoms with E-state index in [-0.39, 0.29) is 12.6 Å². The molecule has 102 valence electrons. The zero-order valence-corrected chi connectivity index (χ0v) is 10.6. The molecule has 0 atom stereocenters. The molecule has 0 saturated carbocycles. The second-order valence-electron chi connectivity index (χ2n) is 4.78. The first-order valence-electron chi connectivity index (χ1n) is 5.95. The van der Waals surface area contributed by atoms with Gasteiger partial charge in [-0.2, -0.15) is 0 Å². The number of carbonyl (C=O) groups is 2. The Morgan fingerprint density at radius 3 is 2.58 bits per heavy atom. The maximum Gasteiger partial charge on any atom is 0.329 e. The summed E-state index contributed by atoms with van der Waals surface area (Å²) >= 11 is 0. The first-order chi connectivity index (χ1) is 8.98. The average molecular weight is 264 g/mol. The Hall–Kier alpha value is -2.08. The van der Waals surface area contributed by atoms with Gasteiger partial charge in [0, 0.05) is 5.69 Å². The molecule has 1 saturated heterocycles. The Labute approximate surface area is 111 Å². The van der Waals surface area contributed by atoms with Gasteiger partial charge in [0.15, 0.2) is 0 Å². The van der Waals surface area contributed by atoms with Crippen LogP contribution in [0.15, 0.2) is 30.3 Å². The number of rotatable bonds is 4. The van der Waals surface area contributed by atoms with Crippen molar-refractivity contribution in [1.29, 1.82) is 0 Å². The van der Waals surface area contributed by atoms with Gasteiger partial charge in [-0.25, -0.2) is 9.59 Å².